The van der Waals surface area contributed by atoms with E-state index in [4.69, 9.17) is 4.74 Å². The maximum Gasteiger partial charge on any atom is 0.159 e. The zero-order chi connectivity index (χ0) is 14.5. The van der Waals surface area contributed by atoms with E-state index in [1.54, 1.807) is 7.11 Å². The van der Waals surface area contributed by atoms with Gasteiger partial charge in [-0.2, -0.15) is 0 Å². The number of ether oxygens (including phenoxy) is 1. The Hall–Kier alpha value is -1.94. The van der Waals surface area contributed by atoms with Gasteiger partial charge < -0.3 is 9.84 Å². The highest BCUT2D eigenvalue weighted by atomic mass is 19.2. The molecule has 0 fully saturated rings. The molecule has 0 saturated carbocycles. The summed E-state index contributed by atoms with van der Waals surface area (Å²) in [5, 5.41) is 10.00. The Morgan fingerprint density at radius 2 is 1.55 bits per heavy atom. The topological polar surface area (TPSA) is 29.5 Å². The number of rotatable bonds is 5. The summed E-state index contributed by atoms with van der Waals surface area (Å²) in [6.45, 7) is 0. The van der Waals surface area contributed by atoms with E-state index in [0.717, 1.165) is 23.4 Å². The first-order chi connectivity index (χ1) is 9.58. The molecule has 2 aromatic rings. The monoisotopic (exact) mass is 278 g/mol. The van der Waals surface area contributed by atoms with Gasteiger partial charge in [0.25, 0.3) is 0 Å². The summed E-state index contributed by atoms with van der Waals surface area (Å²) in [4.78, 5) is 0. The van der Waals surface area contributed by atoms with Crippen molar-refractivity contribution in [2.45, 2.75) is 18.9 Å². The molecule has 1 N–H and O–H groups in total. The van der Waals surface area contributed by atoms with Crippen LogP contribution in [0.4, 0.5) is 8.78 Å². The lowest BCUT2D eigenvalue weighted by Crippen LogP contribution is -2.14. The maximum absolute atomic E-state index is 13.1. The molecule has 0 amide bonds. The van der Waals surface area contributed by atoms with Crippen molar-refractivity contribution in [2.24, 2.45) is 0 Å². The Kier molecular flexibility index (Phi) is 4.69. The van der Waals surface area contributed by atoms with E-state index in [-0.39, 0.29) is 6.42 Å². The largest absolute Gasteiger partial charge is 0.497 e. The first-order valence-electron chi connectivity index (χ1n) is 6.33. The highest BCUT2D eigenvalue weighted by molar-refractivity contribution is 5.28. The summed E-state index contributed by atoms with van der Waals surface area (Å²) < 4.78 is 30.9. The number of aliphatic hydroxyl groups excluding tert-OH is 1. The van der Waals surface area contributed by atoms with Gasteiger partial charge in [0, 0.05) is 0 Å². The Balaban J connectivity index is 1.97. The molecule has 0 aliphatic carbocycles. The van der Waals surface area contributed by atoms with Crippen molar-refractivity contribution in [1.82, 2.24) is 0 Å². The van der Waals surface area contributed by atoms with E-state index < -0.39 is 17.7 Å². The number of methoxy groups -OCH3 is 1. The second-order valence-electron chi connectivity index (χ2n) is 4.66. The number of hydrogen-bond donors (Lipinski definition) is 1. The van der Waals surface area contributed by atoms with E-state index in [0.29, 0.717) is 12.0 Å². The fourth-order valence-corrected chi connectivity index (χ4v) is 2.04. The van der Waals surface area contributed by atoms with Crippen molar-refractivity contribution in [3.63, 3.8) is 0 Å². The molecule has 1 unspecified atom stereocenters. The van der Waals surface area contributed by atoms with Gasteiger partial charge in [-0.15, -0.1) is 0 Å². The molecule has 2 aromatic carbocycles. The van der Waals surface area contributed by atoms with Gasteiger partial charge in [-0.05, 0) is 48.2 Å². The van der Waals surface area contributed by atoms with Crippen LogP contribution in [0.25, 0.3) is 0 Å². The van der Waals surface area contributed by atoms with E-state index >= 15 is 0 Å². The molecule has 0 bridgehead atoms. The van der Waals surface area contributed by atoms with E-state index in [1.165, 1.54) is 6.07 Å². The first kappa shape index (κ1) is 14.5. The van der Waals surface area contributed by atoms with Crippen LogP contribution in [0.2, 0.25) is 0 Å². The normalized spacial score (nSPS) is 12.2. The first-order valence-corrected chi connectivity index (χ1v) is 6.33. The summed E-state index contributed by atoms with van der Waals surface area (Å²) in [6.07, 6.45) is 0.0833. The van der Waals surface area contributed by atoms with Crippen LogP contribution in [0.5, 0.6) is 5.75 Å². The van der Waals surface area contributed by atoms with Crippen molar-refractivity contribution in [2.75, 3.05) is 7.11 Å². The quantitative estimate of drug-likeness (QED) is 0.910. The van der Waals surface area contributed by atoms with Crippen LogP contribution in [0.15, 0.2) is 42.5 Å². The van der Waals surface area contributed by atoms with Crippen molar-refractivity contribution in [3.8, 4) is 5.75 Å². The zero-order valence-electron chi connectivity index (χ0n) is 11.1. The van der Waals surface area contributed by atoms with Gasteiger partial charge in [-0.25, -0.2) is 8.78 Å². The summed E-state index contributed by atoms with van der Waals surface area (Å²) in [5.41, 5.74) is 1.53. The highest BCUT2D eigenvalue weighted by Crippen LogP contribution is 2.15. The second-order valence-corrected chi connectivity index (χ2v) is 4.66. The zero-order valence-corrected chi connectivity index (χ0v) is 11.1. The third kappa shape index (κ3) is 3.78. The summed E-state index contributed by atoms with van der Waals surface area (Å²) >= 11 is 0. The van der Waals surface area contributed by atoms with Crippen LogP contribution in [0.1, 0.15) is 11.1 Å². The minimum absolute atomic E-state index is 0.281. The minimum Gasteiger partial charge on any atom is -0.497 e. The summed E-state index contributed by atoms with van der Waals surface area (Å²) in [7, 11) is 1.59. The molecule has 0 aromatic heterocycles. The van der Waals surface area contributed by atoms with E-state index in [1.807, 2.05) is 24.3 Å². The lowest BCUT2D eigenvalue weighted by Gasteiger charge is -2.11. The van der Waals surface area contributed by atoms with E-state index in [9.17, 15) is 13.9 Å². The predicted octanol–water partition coefficient (Wildman–Crippen LogP) is 3.12. The van der Waals surface area contributed by atoms with Crippen LogP contribution in [-0.2, 0) is 12.8 Å². The molecule has 0 spiro atoms. The average Bonchev–Trinajstić information content (AvgIpc) is 2.44. The number of benzene rings is 2. The molecule has 0 heterocycles. The molecule has 1 atom stereocenters. The molecular formula is C16H16F2O2. The molecule has 2 rings (SSSR count). The van der Waals surface area contributed by atoms with Crippen LogP contribution in [0, 0.1) is 11.6 Å². The highest BCUT2D eigenvalue weighted by Gasteiger charge is 2.09. The second kappa shape index (κ2) is 6.48. The van der Waals surface area contributed by atoms with Crippen molar-refractivity contribution in [3.05, 3.63) is 65.2 Å². The molecule has 20 heavy (non-hydrogen) atoms. The lowest BCUT2D eigenvalue weighted by molar-refractivity contribution is 0.175. The van der Waals surface area contributed by atoms with Crippen molar-refractivity contribution < 1.29 is 18.6 Å². The number of hydrogen-bond acceptors (Lipinski definition) is 2. The van der Waals surface area contributed by atoms with Gasteiger partial charge in [0.2, 0.25) is 0 Å². The maximum atomic E-state index is 13.1. The van der Waals surface area contributed by atoms with Crippen LogP contribution in [-0.4, -0.2) is 18.3 Å². The Bertz CT molecular complexity index is 567. The fourth-order valence-electron chi connectivity index (χ4n) is 2.04. The van der Waals surface area contributed by atoms with E-state index in [2.05, 4.69) is 0 Å². The van der Waals surface area contributed by atoms with Crippen LogP contribution in [0.3, 0.4) is 0 Å². The molecule has 4 heteroatoms. The SMILES string of the molecule is COc1ccc(CC(O)Cc2ccc(F)c(F)c2)cc1. The third-order valence-electron chi connectivity index (χ3n) is 3.09. The Morgan fingerprint density at radius 1 is 0.950 bits per heavy atom. The third-order valence-corrected chi connectivity index (χ3v) is 3.09. The Labute approximate surface area is 116 Å². The van der Waals surface area contributed by atoms with Gasteiger partial charge >= 0.3 is 0 Å². The number of aliphatic hydroxyl groups is 1. The standard InChI is InChI=1S/C16H16F2O2/c1-20-14-5-2-11(3-6-14)8-13(19)9-12-4-7-15(17)16(18)10-12/h2-7,10,13,19H,8-9H2,1H3. The minimum atomic E-state index is -0.890. The fraction of sp³-hybridized carbons (Fsp3) is 0.250. The molecule has 0 aliphatic rings. The molecule has 0 aliphatic heterocycles. The number of halogens is 2. The van der Waals surface area contributed by atoms with Crippen molar-refractivity contribution >= 4 is 0 Å². The van der Waals surface area contributed by atoms with Crippen LogP contribution < -0.4 is 4.74 Å². The van der Waals surface area contributed by atoms with Gasteiger partial charge in [-0.1, -0.05) is 18.2 Å². The van der Waals surface area contributed by atoms with Gasteiger partial charge in [0.05, 0.1) is 13.2 Å². The lowest BCUT2D eigenvalue weighted by atomic mass is 10.0. The Morgan fingerprint density at radius 3 is 2.15 bits per heavy atom. The molecule has 106 valence electrons. The summed E-state index contributed by atoms with van der Waals surface area (Å²) in [6, 6.07) is 11.0. The molecule has 0 radical (unpaired) electrons. The molecule has 0 saturated heterocycles. The average molecular weight is 278 g/mol. The predicted molar refractivity (Wildman–Crippen MR) is 72.8 cm³/mol. The van der Waals surface area contributed by atoms with Crippen LogP contribution >= 0.6 is 0 Å². The van der Waals surface area contributed by atoms with Gasteiger partial charge in [-0.3, -0.25) is 0 Å². The smallest absolute Gasteiger partial charge is 0.159 e. The molecule has 2 nitrogen and oxygen atoms in total. The van der Waals surface area contributed by atoms with Gasteiger partial charge in [0.15, 0.2) is 11.6 Å². The van der Waals surface area contributed by atoms with Gasteiger partial charge in [0.1, 0.15) is 5.75 Å². The molecular weight excluding hydrogens is 262 g/mol. The summed E-state index contributed by atoms with van der Waals surface area (Å²) in [5.74, 6) is -1.01. The van der Waals surface area contributed by atoms with Crippen molar-refractivity contribution in [1.29, 1.82) is 0 Å².